The number of nitrogens with zero attached hydrogens (tertiary/aromatic N) is 4. The average Bonchev–Trinajstić information content (AvgIpc) is 2.87. The smallest absolute Gasteiger partial charge is 0.415 e. The molecule has 1 aromatic carbocycles. The van der Waals surface area contributed by atoms with Crippen LogP contribution < -0.4 is 9.47 Å². The molecule has 0 N–H and O–H groups in total. The van der Waals surface area contributed by atoms with Crippen LogP contribution in [0.4, 0.5) is 4.79 Å². The van der Waals surface area contributed by atoms with Crippen LogP contribution in [0.1, 0.15) is 17.5 Å². The third-order valence-electron chi connectivity index (χ3n) is 5.72. The van der Waals surface area contributed by atoms with Crippen molar-refractivity contribution in [3.63, 3.8) is 0 Å². The van der Waals surface area contributed by atoms with Gasteiger partial charge in [0.25, 0.3) is 0 Å². The third kappa shape index (κ3) is 7.29. The number of pyridine rings is 2. The maximum atomic E-state index is 12.5. The zero-order valence-electron chi connectivity index (χ0n) is 18.8. The second kappa shape index (κ2) is 12.0. The number of carbonyl (C=O) groups is 1. The van der Waals surface area contributed by atoms with Gasteiger partial charge in [0, 0.05) is 51.2 Å². The zero-order valence-corrected chi connectivity index (χ0v) is 18.8. The molecule has 0 bridgehead atoms. The van der Waals surface area contributed by atoms with Crippen molar-refractivity contribution in [1.82, 2.24) is 19.8 Å². The van der Waals surface area contributed by atoms with Gasteiger partial charge < -0.3 is 14.4 Å². The molecule has 1 aliphatic heterocycles. The van der Waals surface area contributed by atoms with Crippen LogP contribution in [0, 0.1) is 0 Å². The Labute approximate surface area is 195 Å². The number of ether oxygens (including phenoxy) is 2. The number of hydrogen-bond acceptors (Lipinski definition) is 6. The Kier molecular flexibility index (Phi) is 8.25. The van der Waals surface area contributed by atoms with Gasteiger partial charge in [-0.05, 0) is 60.8 Å². The first-order chi connectivity index (χ1) is 16.3. The minimum absolute atomic E-state index is 0.280. The predicted octanol–water partition coefficient (Wildman–Crippen LogP) is 3.85. The molecule has 7 heteroatoms. The summed E-state index contributed by atoms with van der Waals surface area (Å²) >= 11 is 0. The van der Waals surface area contributed by atoms with Crippen molar-refractivity contribution in [1.29, 1.82) is 0 Å². The van der Waals surface area contributed by atoms with E-state index in [1.165, 1.54) is 5.56 Å². The van der Waals surface area contributed by atoms with E-state index in [1.807, 2.05) is 48.7 Å². The van der Waals surface area contributed by atoms with Gasteiger partial charge >= 0.3 is 6.09 Å². The fourth-order valence-corrected chi connectivity index (χ4v) is 3.82. The third-order valence-corrected chi connectivity index (χ3v) is 5.72. The van der Waals surface area contributed by atoms with Crippen LogP contribution >= 0.6 is 0 Å². The summed E-state index contributed by atoms with van der Waals surface area (Å²) in [6, 6.07) is 15.4. The zero-order chi connectivity index (χ0) is 22.7. The van der Waals surface area contributed by atoms with E-state index in [0.717, 1.165) is 50.2 Å². The summed E-state index contributed by atoms with van der Waals surface area (Å²) in [4.78, 5) is 24.9. The summed E-state index contributed by atoms with van der Waals surface area (Å²) in [7, 11) is 0. The van der Waals surface area contributed by atoms with Crippen molar-refractivity contribution in [2.24, 2.45) is 0 Å². The number of benzene rings is 1. The number of amides is 1. The van der Waals surface area contributed by atoms with Crippen LogP contribution in [0.2, 0.25) is 0 Å². The normalized spacial score (nSPS) is 14.1. The highest BCUT2D eigenvalue weighted by atomic mass is 16.6. The van der Waals surface area contributed by atoms with E-state index in [4.69, 9.17) is 9.47 Å². The standard InChI is InChI=1S/C26H30N4O3/c31-26(30-17-15-29(16-18-30)14-3-5-23-4-1-12-27-20-23)33-24-9-7-22(8-10-24)11-19-32-25-6-2-13-28-21-25/h1-2,4,6-10,12-13,20-21H,3,5,11,14-19H2. The Morgan fingerprint density at radius 2 is 1.58 bits per heavy atom. The molecular formula is C26H30N4O3. The fraction of sp³-hybridized carbons (Fsp3) is 0.346. The lowest BCUT2D eigenvalue weighted by Gasteiger charge is -2.34. The molecule has 2 aromatic heterocycles. The number of rotatable bonds is 9. The monoisotopic (exact) mass is 446 g/mol. The number of aromatic nitrogens is 2. The molecule has 4 rings (SSSR count). The summed E-state index contributed by atoms with van der Waals surface area (Å²) in [5.41, 5.74) is 2.39. The molecule has 3 aromatic rings. The van der Waals surface area contributed by atoms with Crippen molar-refractivity contribution < 1.29 is 14.3 Å². The predicted molar refractivity (Wildman–Crippen MR) is 126 cm³/mol. The molecule has 172 valence electrons. The highest BCUT2D eigenvalue weighted by Gasteiger charge is 2.22. The molecule has 3 heterocycles. The van der Waals surface area contributed by atoms with Gasteiger partial charge in [-0.1, -0.05) is 18.2 Å². The summed E-state index contributed by atoms with van der Waals surface area (Å²) in [5.74, 6) is 1.33. The minimum atomic E-state index is -0.280. The Morgan fingerprint density at radius 1 is 0.818 bits per heavy atom. The van der Waals surface area contributed by atoms with Gasteiger partial charge in [-0.3, -0.25) is 14.9 Å². The SMILES string of the molecule is O=C(Oc1ccc(CCOc2cccnc2)cc1)N1CCN(CCCc2cccnc2)CC1. The van der Waals surface area contributed by atoms with Crippen molar-refractivity contribution in [3.8, 4) is 11.5 Å². The molecule has 1 fully saturated rings. The summed E-state index contributed by atoms with van der Waals surface area (Å²) < 4.78 is 11.3. The van der Waals surface area contributed by atoms with Crippen LogP contribution in [0.3, 0.4) is 0 Å². The largest absolute Gasteiger partial charge is 0.492 e. The minimum Gasteiger partial charge on any atom is -0.492 e. The lowest BCUT2D eigenvalue weighted by atomic mass is 10.1. The lowest BCUT2D eigenvalue weighted by Crippen LogP contribution is -2.49. The molecular weight excluding hydrogens is 416 g/mol. The second-order valence-electron chi connectivity index (χ2n) is 8.09. The molecule has 0 spiro atoms. The molecule has 1 amide bonds. The molecule has 7 nitrogen and oxygen atoms in total. The summed E-state index contributed by atoms with van der Waals surface area (Å²) in [5, 5.41) is 0. The van der Waals surface area contributed by atoms with Gasteiger partial charge in [-0.25, -0.2) is 4.79 Å². The van der Waals surface area contributed by atoms with Gasteiger partial charge in [0.2, 0.25) is 0 Å². The van der Waals surface area contributed by atoms with Gasteiger partial charge in [0.05, 0.1) is 12.8 Å². The van der Waals surface area contributed by atoms with Crippen LogP contribution in [0.5, 0.6) is 11.5 Å². The molecule has 0 aliphatic carbocycles. The van der Waals surface area contributed by atoms with Crippen molar-refractivity contribution in [2.75, 3.05) is 39.3 Å². The number of piperazine rings is 1. The van der Waals surface area contributed by atoms with Crippen molar-refractivity contribution in [3.05, 3.63) is 84.4 Å². The van der Waals surface area contributed by atoms with E-state index >= 15 is 0 Å². The molecule has 1 aliphatic rings. The topological polar surface area (TPSA) is 67.8 Å². The summed E-state index contributed by atoms with van der Waals surface area (Å²) in [6.07, 6.45) is 9.76. The first kappa shape index (κ1) is 22.7. The van der Waals surface area contributed by atoms with Crippen LogP contribution in [0.15, 0.2) is 73.3 Å². The molecule has 1 saturated heterocycles. The van der Waals surface area contributed by atoms with Gasteiger partial charge in [0.1, 0.15) is 11.5 Å². The molecule has 0 unspecified atom stereocenters. The molecule has 0 radical (unpaired) electrons. The van der Waals surface area contributed by atoms with Crippen LogP contribution in [-0.2, 0) is 12.8 Å². The highest BCUT2D eigenvalue weighted by Crippen LogP contribution is 2.16. The highest BCUT2D eigenvalue weighted by molar-refractivity contribution is 5.70. The Morgan fingerprint density at radius 3 is 2.27 bits per heavy atom. The lowest BCUT2D eigenvalue weighted by molar-refractivity contribution is 0.110. The fourth-order valence-electron chi connectivity index (χ4n) is 3.82. The van der Waals surface area contributed by atoms with E-state index < -0.39 is 0 Å². The quantitative estimate of drug-likeness (QED) is 0.497. The number of hydrogen-bond donors (Lipinski definition) is 0. The van der Waals surface area contributed by atoms with E-state index in [-0.39, 0.29) is 6.09 Å². The Balaban J connectivity index is 1.14. The molecule has 0 saturated carbocycles. The van der Waals surface area contributed by atoms with E-state index in [2.05, 4.69) is 20.9 Å². The second-order valence-corrected chi connectivity index (χ2v) is 8.09. The van der Waals surface area contributed by atoms with Crippen LogP contribution in [0.25, 0.3) is 0 Å². The van der Waals surface area contributed by atoms with E-state index in [0.29, 0.717) is 25.4 Å². The van der Waals surface area contributed by atoms with E-state index in [9.17, 15) is 4.79 Å². The number of aryl methyl sites for hydroxylation is 1. The van der Waals surface area contributed by atoms with E-state index in [1.54, 1.807) is 23.5 Å². The molecule has 0 atom stereocenters. The van der Waals surface area contributed by atoms with Crippen LogP contribution in [-0.4, -0.2) is 65.2 Å². The first-order valence-corrected chi connectivity index (χ1v) is 11.5. The van der Waals surface area contributed by atoms with Gasteiger partial charge in [-0.15, -0.1) is 0 Å². The summed E-state index contributed by atoms with van der Waals surface area (Å²) in [6.45, 7) is 4.72. The number of carbonyl (C=O) groups excluding carboxylic acids is 1. The molecule has 33 heavy (non-hydrogen) atoms. The maximum Gasteiger partial charge on any atom is 0.415 e. The first-order valence-electron chi connectivity index (χ1n) is 11.5. The van der Waals surface area contributed by atoms with Gasteiger partial charge in [0.15, 0.2) is 0 Å². The van der Waals surface area contributed by atoms with Crippen molar-refractivity contribution >= 4 is 6.09 Å². The van der Waals surface area contributed by atoms with Crippen molar-refractivity contribution in [2.45, 2.75) is 19.3 Å². The maximum absolute atomic E-state index is 12.5. The Bertz CT molecular complexity index is 975. The van der Waals surface area contributed by atoms with Gasteiger partial charge in [-0.2, -0.15) is 0 Å². The average molecular weight is 447 g/mol. The Hall–Kier alpha value is -3.45.